The van der Waals surface area contributed by atoms with Crippen molar-refractivity contribution in [1.82, 2.24) is 14.8 Å². The number of aryl methyl sites for hydroxylation is 1. The molecule has 5 heteroatoms. The van der Waals surface area contributed by atoms with E-state index in [0.717, 1.165) is 62.4 Å². The molecular formula is C21H27N5. The summed E-state index contributed by atoms with van der Waals surface area (Å²) >= 11 is 0. The van der Waals surface area contributed by atoms with Crippen molar-refractivity contribution in [2.75, 3.05) is 5.32 Å². The van der Waals surface area contributed by atoms with Crippen LogP contribution in [-0.4, -0.2) is 20.8 Å². The Morgan fingerprint density at radius 2 is 1.96 bits per heavy atom. The summed E-state index contributed by atoms with van der Waals surface area (Å²) in [6.07, 6.45) is 9.96. The zero-order chi connectivity index (χ0) is 17.8. The van der Waals surface area contributed by atoms with E-state index in [9.17, 15) is 0 Å². The highest BCUT2D eigenvalue weighted by Gasteiger charge is 2.21. The van der Waals surface area contributed by atoms with E-state index >= 15 is 0 Å². The van der Waals surface area contributed by atoms with Crippen LogP contribution in [-0.2, 0) is 19.4 Å². The second-order valence-electron chi connectivity index (χ2n) is 7.70. The number of rotatable bonds is 4. The number of nitriles is 1. The molecule has 1 aliphatic carbocycles. The number of hydrogen-bond acceptors (Lipinski definition) is 4. The molecule has 136 valence electrons. The SMILES string of the molecule is N#C[C@H]1CCC[C@@H](Nc2ccc(Cc3nnc4n3CCCCC4)cc2)C1. The van der Waals surface area contributed by atoms with Crippen molar-refractivity contribution in [3.63, 3.8) is 0 Å². The maximum atomic E-state index is 9.14. The zero-order valence-electron chi connectivity index (χ0n) is 15.3. The number of nitrogens with one attached hydrogen (secondary N) is 1. The van der Waals surface area contributed by atoms with Crippen LogP contribution < -0.4 is 5.32 Å². The fourth-order valence-electron chi connectivity index (χ4n) is 4.25. The van der Waals surface area contributed by atoms with E-state index < -0.39 is 0 Å². The van der Waals surface area contributed by atoms with Gasteiger partial charge in [0.25, 0.3) is 0 Å². The molecule has 0 amide bonds. The molecule has 0 spiro atoms. The van der Waals surface area contributed by atoms with E-state index in [2.05, 4.69) is 50.4 Å². The maximum absolute atomic E-state index is 9.14. The van der Waals surface area contributed by atoms with Crippen LogP contribution >= 0.6 is 0 Å². The summed E-state index contributed by atoms with van der Waals surface area (Å²) in [5, 5.41) is 21.6. The number of nitrogens with zero attached hydrogens (tertiary/aromatic N) is 4. The predicted molar refractivity (Wildman–Crippen MR) is 102 cm³/mol. The first-order chi connectivity index (χ1) is 12.8. The Morgan fingerprint density at radius 1 is 1.08 bits per heavy atom. The van der Waals surface area contributed by atoms with E-state index in [0.29, 0.717) is 6.04 Å². The largest absolute Gasteiger partial charge is 0.382 e. The fraction of sp³-hybridized carbons (Fsp3) is 0.571. The first kappa shape index (κ1) is 17.1. The molecule has 2 atom stereocenters. The van der Waals surface area contributed by atoms with Gasteiger partial charge in [0.2, 0.25) is 0 Å². The number of fused-ring (bicyclic) bond motifs is 1. The van der Waals surface area contributed by atoms with Gasteiger partial charge in [-0.2, -0.15) is 5.26 Å². The smallest absolute Gasteiger partial charge is 0.137 e. The van der Waals surface area contributed by atoms with E-state index in [1.807, 2.05) is 0 Å². The topological polar surface area (TPSA) is 66.5 Å². The fourth-order valence-corrected chi connectivity index (χ4v) is 4.25. The quantitative estimate of drug-likeness (QED) is 0.903. The van der Waals surface area contributed by atoms with Crippen LogP contribution in [0.2, 0.25) is 0 Å². The van der Waals surface area contributed by atoms with Gasteiger partial charge in [-0.25, -0.2) is 0 Å². The highest BCUT2D eigenvalue weighted by Crippen LogP contribution is 2.26. The lowest BCUT2D eigenvalue weighted by Gasteiger charge is -2.27. The number of benzene rings is 1. The van der Waals surface area contributed by atoms with Gasteiger partial charge in [0.05, 0.1) is 6.07 Å². The van der Waals surface area contributed by atoms with Gasteiger partial charge >= 0.3 is 0 Å². The minimum absolute atomic E-state index is 0.212. The predicted octanol–water partition coefficient (Wildman–Crippen LogP) is 4.09. The van der Waals surface area contributed by atoms with Crippen LogP contribution in [0.4, 0.5) is 5.69 Å². The standard InChI is InChI=1S/C21H27N5/c22-15-17-5-4-6-19(13-17)23-18-10-8-16(9-11-18)14-21-25-24-20-7-2-1-3-12-26(20)21/h8-11,17,19,23H,1-7,12-14H2/t17-,19+/m0/s1. The highest BCUT2D eigenvalue weighted by atomic mass is 15.3. The van der Waals surface area contributed by atoms with Gasteiger partial charge in [0.1, 0.15) is 11.6 Å². The molecular weight excluding hydrogens is 322 g/mol. The van der Waals surface area contributed by atoms with Crippen molar-refractivity contribution in [3.05, 3.63) is 41.5 Å². The van der Waals surface area contributed by atoms with Crippen molar-refractivity contribution in [1.29, 1.82) is 5.26 Å². The van der Waals surface area contributed by atoms with E-state index in [4.69, 9.17) is 5.26 Å². The van der Waals surface area contributed by atoms with Gasteiger partial charge in [0.15, 0.2) is 0 Å². The molecule has 2 heterocycles. The average Bonchev–Trinajstić information content (AvgIpc) is 2.90. The molecule has 4 rings (SSSR count). The molecule has 1 saturated carbocycles. The van der Waals surface area contributed by atoms with Gasteiger partial charge in [-0.1, -0.05) is 25.0 Å². The Hall–Kier alpha value is -2.35. The van der Waals surface area contributed by atoms with Crippen molar-refractivity contribution in [2.24, 2.45) is 5.92 Å². The third-order valence-electron chi connectivity index (χ3n) is 5.73. The van der Waals surface area contributed by atoms with Crippen LogP contribution in [0.15, 0.2) is 24.3 Å². The summed E-state index contributed by atoms with van der Waals surface area (Å²) in [6, 6.07) is 11.5. The second-order valence-corrected chi connectivity index (χ2v) is 7.70. The van der Waals surface area contributed by atoms with Gasteiger partial charge in [-0.05, 0) is 49.8 Å². The summed E-state index contributed by atoms with van der Waals surface area (Å²) in [5.74, 6) is 2.45. The number of anilines is 1. The van der Waals surface area contributed by atoms with Crippen molar-refractivity contribution in [3.8, 4) is 6.07 Å². The lowest BCUT2D eigenvalue weighted by molar-refractivity contribution is 0.395. The Kier molecular flexibility index (Phi) is 5.19. The first-order valence-electron chi connectivity index (χ1n) is 9.98. The second kappa shape index (κ2) is 7.90. The van der Waals surface area contributed by atoms with Gasteiger partial charge in [-0.3, -0.25) is 0 Å². The summed E-state index contributed by atoms with van der Waals surface area (Å²) in [7, 11) is 0. The molecule has 26 heavy (non-hydrogen) atoms. The molecule has 2 aliphatic rings. The van der Waals surface area contributed by atoms with Crippen LogP contribution in [0.1, 0.15) is 62.2 Å². The summed E-state index contributed by atoms with van der Waals surface area (Å²) in [6.45, 7) is 1.05. The van der Waals surface area contributed by atoms with Crippen molar-refractivity contribution in [2.45, 2.75) is 70.4 Å². The summed E-state index contributed by atoms with van der Waals surface area (Å²) < 4.78 is 2.32. The zero-order valence-corrected chi connectivity index (χ0v) is 15.3. The molecule has 1 aromatic heterocycles. The maximum Gasteiger partial charge on any atom is 0.137 e. The van der Waals surface area contributed by atoms with E-state index in [1.54, 1.807) is 0 Å². The van der Waals surface area contributed by atoms with E-state index in [1.165, 1.54) is 24.8 Å². The molecule has 1 N–H and O–H groups in total. The van der Waals surface area contributed by atoms with Crippen LogP contribution in [0.25, 0.3) is 0 Å². The molecule has 2 aromatic rings. The molecule has 0 bridgehead atoms. The summed E-state index contributed by atoms with van der Waals surface area (Å²) in [5.41, 5.74) is 2.42. The lowest BCUT2D eigenvalue weighted by atomic mass is 9.86. The van der Waals surface area contributed by atoms with Gasteiger partial charge in [0, 0.05) is 37.0 Å². The summed E-state index contributed by atoms with van der Waals surface area (Å²) in [4.78, 5) is 0. The van der Waals surface area contributed by atoms with Gasteiger partial charge in [-0.15, -0.1) is 10.2 Å². The molecule has 0 saturated heterocycles. The highest BCUT2D eigenvalue weighted by molar-refractivity contribution is 5.46. The Bertz CT molecular complexity index is 771. The Morgan fingerprint density at radius 3 is 2.81 bits per heavy atom. The lowest BCUT2D eigenvalue weighted by Crippen LogP contribution is -2.26. The Labute approximate surface area is 155 Å². The first-order valence-corrected chi connectivity index (χ1v) is 9.98. The normalized spacial score (nSPS) is 22.9. The number of hydrogen-bond donors (Lipinski definition) is 1. The van der Waals surface area contributed by atoms with Gasteiger partial charge < -0.3 is 9.88 Å². The van der Waals surface area contributed by atoms with Crippen LogP contribution in [0, 0.1) is 17.2 Å². The molecule has 0 radical (unpaired) electrons. The third-order valence-corrected chi connectivity index (χ3v) is 5.73. The minimum atomic E-state index is 0.212. The van der Waals surface area contributed by atoms with Crippen molar-refractivity contribution < 1.29 is 0 Å². The number of aromatic nitrogens is 3. The van der Waals surface area contributed by atoms with Crippen LogP contribution in [0.3, 0.4) is 0 Å². The molecule has 5 nitrogen and oxygen atoms in total. The minimum Gasteiger partial charge on any atom is -0.382 e. The molecule has 1 fully saturated rings. The Balaban J connectivity index is 1.39. The average molecular weight is 349 g/mol. The van der Waals surface area contributed by atoms with Crippen LogP contribution in [0.5, 0.6) is 0 Å². The third kappa shape index (κ3) is 3.90. The monoisotopic (exact) mass is 349 g/mol. The van der Waals surface area contributed by atoms with E-state index in [-0.39, 0.29) is 5.92 Å². The molecule has 1 aromatic carbocycles. The van der Waals surface area contributed by atoms with Crippen molar-refractivity contribution >= 4 is 5.69 Å². The molecule has 0 unspecified atom stereocenters. The molecule has 1 aliphatic heterocycles.